The van der Waals surface area contributed by atoms with Crippen molar-refractivity contribution >= 4 is 30.6 Å². The average molecular weight is 286 g/mol. The first-order valence-electron chi connectivity index (χ1n) is 5.96. The summed E-state index contributed by atoms with van der Waals surface area (Å²) < 4.78 is 21.7. The summed E-state index contributed by atoms with van der Waals surface area (Å²) in [4.78, 5) is 3.34. The van der Waals surface area contributed by atoms with Crippen LogP contribution < -0.4 is 0 Å². The summed E-state index contributed by atoms with van der Waals surface area (Å²) in [6, 6.07) is 8.16. The first-order chi connectivity index (χ1) is 8.47. The summed E-state index contributed by atoms with van der Waals surface area (Å²) >= 11 is 0. The molecule has 0 atom stereocenters. The second-order valence-electron chi connectivity index (χ2n) is 4.47. The number of unbranched alkanes of at least 4 members (excludes halogenated alkanes) is 1. The van der Waals surface area contributed by atoms with Gasteiger partial charge >= 0.3 is 0 Å². The number of nitrogens with one attached hydrogen (secondary N) is 1. The highest BCUT2D eigenvalue weighted by molar-refractivity contribution is 8.13. The lowest BCUT2D eigenvalue weighted by molar-refractivity contribution is 0.605. The SMILES string of the molecule is Cc1[nH]c2ccccc2c1CCCCS(=O)(=O)Cl. The molecule has 1 aromatic carbocycles. The molecule has 0 unspecified atom stereocenters. The Kier molecular flexibility index (Phi) is 3.97. The van der Waals surface area contributed by atoms with Crippen LogP contribution in [0.3, 0.4) is 0 Å². The molecule has 1 N–H and O–H groups in total. The Bertz CT molecular complexity index is 646. The maximum absolute atomic E-state index is 10.8. The zero-order valence-electron chi connectivity index (χ0n) is 10.2. The number of rotatable bonds is 5. The van der Waals surface area contributed by atoms with E-state index >= 15 is 0 Å². The molecular formula is C13H16ClNO2S. The van der Waals surface area contributed by atoms with Crippen molar-refractivity contribution in [2.24, 2.45) is 0 Å². The maximum atomic E-state index is 10.8. The average Bonchev–Trinajstić information content (AvgIpc) is 2.59. The molecule has 0 spiro atoms. The number of hydrogen-bond acceptors (Lipinski definition) is 2. The topological polar surface area (TPSA) is 49.9 Å². The van der Waals surface area contributed by atoms with Crippen molar-refractivity contribution in [3.63, 3.8) is 0 Å². The molecular weight excluding hydrogens is 270 g/mol. The molecule has 98 valence electrons. The van der Waals surface area contributed by atoms with Gasteiger partial charge < -0.3 is 4.98 Å². The minimum Gasteiger partial charge on any atom is -0.358 e. The third kappa shape index (κ3) is 3.27. The lowest BCUT2D eigenvalue weighted by Crippen LogP contribution is -1.98. The van der Waals surface area contributed by atoms with Crippen LogP contribution in [0.4, 0.5) is 0 Å². The van der Waals surface area contributed by atoms with Crippen LogP contribution in [0.25, 0.3) is 10.9 Å². The largest absolute Gasteiger partial charge is 0.358 e. The normalized spacial score (nSPS) is 12.1. The highest BCUT2D eigenvalue weighted by Crippen LogP contribution is 2.23. The fourth-order valence-electron chi connectivity index (χ4n) is 2.23. The summed E-state index contributed by atoms with van der Waals surface area (Å²) in [6.07, 6.45) is 2.31. The van der Waals surface area contributed by atoms with Crippen molar-refractivity contribution < 1.29 is 8.42 Å². The molecule has 0 saturated heterocycles. The van der Waals surface area contributed by atoms with Gasteiger partial charge in [-0.3, -0.25) is 0 Å². The van der Waals surface area contributed by atoms with E-state index in [1.54, 1.807) is 0 Å². The number of para-hydroxylation sites is 1. The van der Waals surface area contributed by atoms with Gasteiger partial charge in [0.25, 0.3) is 0 Å². The second kappa shape index (κ2) is 5.33. The Morgan fingerprint density at radius 1 is 1.22 bits per heavy atom. The van der Waals surface area contributed by atoms with Gasteiger partial charge in [-0.05, 0) is 37.8 Å². The first kappa shape index (κ1) is 13.4. The standard InChI is InChI=1S/C13H16ClNO2S/c1-10-11(6-4-5-9-18(14,16)17)12-7-2-3-8-13(12)15-10/h2-3,7-8,15H,4-6,9H2,1H3. The Morgan fingerprint density at radius 3 is 2.67 bits per heavy atom. The lowest BCUT2D eigenvalue weighted by atomic mass is 10.1. The number of aryl methyl sites for hydroxylation is 2. The van der Waals surface area contributed by atoms with Gasteiger partial charge in [0.15, 0.2) is 0 Å². The van der Waals surface area contributed by atoms with Crippen LogP contribution in [0.5, 0.6) is 0 Å². The van der Waals surface area contributed by atoms with Gasteiger partial charge in [-0.1, -0.05) is 18.2 Å². The van der Waals surface area contributed by atoms with Crippen molar-refractivity contribution in [1.82, 2.24) is 4.98 Å². The summed E-state index contributed by atoms with van der Waals surface area (Å²) in [5.74, 6) is 0.0515. The molecule has 0 aliphatic carbocycles. The van der Waals surface area contributed by atoms with Gasteiger partial charge in [0, 0.05) is 27.3 Å². The molecule has 0 saturated carbocycles. The van der Waals surface area contributed by atoms with Crippen molar-refractivity contribution in [2.75, 3.05) is 5.75 Å². The Balaban J connectivity index is 2.06. The fourth-order valence-corrected chi connectivity index (χ4v) is 3.11. The minimum absolute atomic E-state index is 0.0515. The van der Waals surface area contributed by atoms with E-state index in [1.165, 1.54) is 10.9 Å². The van der Waals surface area contributed by atoms with E-state index in [0.29, 0.717) is 6.42 Å². The van der Waals surface area contributed by atoms with Crippen LogP contribution in [0.15, 0.2) is 24.3 Å². The number of hydrogen-bond donors (Lipinski definition) is 1. The van der Waals surface area contributed by atoms with E-state index in [1.807, 2.05) is 19.1 Å². The second-order valence-corrected chi connectivity index (χ2v) is 7.37. The van der Waals surface area contributed by atoms with Crippen LogP contribution in [-0.2, 0) is 15.5 Å². The van der Waals surface area contributed by atoms with Gasteiger partial charge in [0.1, 0.15) is 0 Å². The smallest absolute Gasteiger partial charge is 0.232 e. The van der Waals surface area contributed by atoms with Crippen LogP contribution >= 0.6 is 10.7 Å². The summed E-state index contributed by atoms with van der Waals surface area (Å²) in [6.45, 7) is 2.05. The Labute approximate surface area is 112 Å². The van der Waals surface area contributed by atoms with Gasteiger partial charge in [-0.25, -0.2) is 8.42 Å². The van der Waals surface area contributed by atoms with Crippen LogP contribution in [0.2, 0.25) is 0 Å². The highest BCUT2D eigenvalue weighted by Gasteiger charge is 2.09. The molecule has 3 nitrogen and oxygen atoms in total. The van der Waals surface area contributed by atoms with Gasteiger partial charge in [0.2, 0.25) is 9.05 Å². The van der Waals surface area contributed by atoms with Gasteiger partial charge in [0.05, 0.1) is 5.75 Å². The van der Waals surface area contributed by atoms with Crippen molar-refractivity contribution in [2.45, 2.75) is 26.2 Å². The molecule has 0 fully saturated rings. The fraction of sp³-hybridized carbons (Fsp3) is 0.385. The molecule has 2 rings (SSSR count). The third-order valence-corrected chi connectivity index (χ3v) is 4.33. The van der Waals surface area contributed by atoms with E-state index in [2.05, 4.69) is 17.1 Å². The van der Waals surface area contributed by atoms with E-state index in [9.17, 15) is 8.42 Å². The van der Waals surface area contributed by atoms with E-state index in [4.69, 9.17) is 10.7 Å². The molecule has 18 heavy (non-hydrogen) atoms. The Morgan fingerprint density at radius 2 is 1.94 bits per heavy atom. The van der Waals surface area contributed by atoms with E-state index in [-0.39, 0.29) is 5.75 Å². The zero-order chi connectivity index (χ0) is 13.2. The molecule has 0 aliphatic heterocycles. The number of aromatic amines is 1. The number of fused-ring (bicyclic) bond motifs is 1. The molecule has 5 heteroatoms. The van der Waals surface area contributed by atoms with Crippen molar-refractivity contribution in [1.29, 1.82) is 0 Å². The molecule has 0 amide bonds. The minimum atomic E-state index is -3.35. The van der Waals surface area contributed by atoms with E-state index in [0.717, 1.165) is 24.1 Å². The predicted octanol–water partition coefficient (Wildman–Crippen LogP) is 3.37. The molecule has 0 aliphatic rings. The molecule has 0 bridgehead atoms. The monoisotopic (exact) mass is 285 g/mol. The first-order valence-corrected chi connectivity index (χ1v) is 8.44. The predicted molar refractivity (Wildman–Crippen MR) is 75.6 cm³/mol. The van der Waals surface area contributed by atoms with Gasteiger partial charge in [-0.15, -0.1) is 0 Å². The molecule has 1 aromatic heterocycles. The number of H-pyrrole nitrogens is 1. The number of benzene rings is 1. The molecule has 0 radical (unpaired) electrons. The van der Waals surface area contributed by atoms with Crippen molar-refractivity contribution in [3.8, 4) is 0 Å². The quantitative estimate of drug-likeness (QED) is 0.676. The van der Waals surface area contributed by atoms with Crippen LogP contribution in [0, 0.1) is 6.92 Å². The molecule has 1 heterocycles. The number of aromatic nitrogens is 1. The van der Waals surface area contributed by atoms with Crippen LogP contribution in [0.1, 0.15) is 24.1 Å². The van der Waals surface area contributed by atoms with Crippen LogP contribution in [-0.4, -0.2) is 19.2 Å². The van der Waals surface area contributed by atoms with E-state index < -0.39 is 9.05 Å². The number of halogens is 1. The highest BCUT2D eigenvalue weighted by atomic mass is 35.7. The van der Waals surface area contributed by atoms with Gasteiger partial charge in [-0.2, -0.15) is 0 Å². The Hall–Kier alpha value is -1.00. The lowest BCUT2D eigenvalue weighted by Gasteiger charge is -2.01. The third-order valence-electron chi connectivity index (χ3n) is 3.09. The summed E-state index contributed by atoms with van der Waals surface area (Å²) in [5.41, 5.74) is 3.57. The molecule has 2 aromatic rings. The maximum Gasteiger partial charge on any atom is 0.232 e. The summed E-state index contributed by atoms with van der Waals surface area (Å²) in [5, 5.41) is 1.23. The summed E-state index contributed by atoms with van der Waals surface area (Å²) in [7, 11) is 1.83. The zero-order valence-corrected chi connectivity index (χ0v) is 11.8. The van der Waals surface area contributed by atoms with Crippen molar-refractivity contribution in [3.05, 3.63) is 35.5 Å².